The predicted octanol–water partition coefficient (Wildman–Crippen LogP) is 7.10. The van der Waals surface area contributed by atoms with E-state index in [0.29, 0.717) is 0 Å². The monoisotopic (exact) mass is 438 g/mol. The molecule has 170 valence electrons. The van der Waals surface area contributed by atoms with Gasteiger partial charge in [-0.2, -0.15) is 4.40 Å². The first-order valence-corrected chi connectivity index (χ1v) is 12.1. The van der Waals surface area contributed by atoms with Crippen molar-refractivity contribution in [2.45, 2.75) is 61.3 Å². The van der Waals surface area contributed by atoms with Crippen LogP contribution >= 0.6 is 0 Å². The Bertz CT molecular complexity index is 1540. The molecule has 3 heterocycles. The molecule has 3 aromatic heterocycles. The molecule has 0 bridgehead atoms. The van der Waals surface area contributed by atoms with Gasteiger partial charge in [0.25, 0.3) is 5.65 Å². The van der Waals surface area contributed by atoms with E-state index in [4.69, 9.17) is 4.98 Å². The molecular weight excluding hydrogens is 402 g/mol. The van der Waals surface area contributed by atoms with Crippen molar-refractivity contribution in [2.75, 3.05) is 0 Å². The Balaban J connectivity index is 2.08. The molecule has 0 saturated heterocycles. The molecular formula is C30H36N3+. The summed E-state index contributed by atoms with van der Waals surface area (Å²) >= 11 is 0. The van der Waals surface area contributed by atoms with Crippen LogP contribution in [0.15, 0.2) is 48.7 Å². The van der Waals surface area contributed by atoms with Crippen LogP contribution in [0.5, 0.6) is 0 Å². The zero-order valence-corrected chi connectivity index (χ0v) is 21.4. The lowest BCUT2D eigenvalue weighted by Gasteiger charge is -2.24. The van der Waals surface area contributed by atoms with E-state index in [-0.39, 0.29) is 10.8 Å². The Hall–Kier alpha value is -2.94. The maximum Gasteiger partial charge on any atom is 0.297 e. The average molecular weight is 439 g/mol. The van der Waals surface area contributed by atoms with Crippen LogP contribution in [0.25, 0.3) is 38.5 Å². The fraction of sp³-hybridized carbons (Fsp3) is 0.400. The minimum atomic E-state index is 0.188. The molecule has 5 rings (SSSR count). The second kappa shape index (κ2) is 7.28. The van der Waals surface area contributed by atoms with Crippen molar-refractivity contribution in [3.05, 3.63) is 65.4 Å². The van der Waals surface area contributed by atoms with Crippen LogP contribution in [-0.4, -0.2) is 9.38 Å². The van der Waals surface area contributed by atoms with Crippen molar-refractivity contribution in [3.8, 4) is 0 Å². The maximum atomic E-state index is 4.85. The molecule has 0 aliphatic carbocycles. The van der Waals surface area contributed by atoms with E-state index in [2.05, 4.69) is 107 Å². The third-order valence-corrected chi connectivity index (χ3v) is 6.68. The Morgan fingerprint density at radius 2 is 1.58 bits per heavy atom. The molecule has 0 amide bonds. The van der Waals surface area contributed by atoms with Gasteiger partial charge >= 0.3 is 0 Å². The van der Waals surface area contributed by atoms with Gasteiger partial charge in [0.2, 0.25) is 0 Å². The Morgan fingerprint density at radius 1 is 0.879 bits per heavy atom. The molecule has 0 N–H and O–H groups in total. The molecule has 0 saturated carbocycles. The van der Waals surface area contributed by atoms with Gasteiger partial charge in [-0.15, -0.1) is 0 Å². The molecule has 33 heavy (non-hydrogen) atoms. The van der Waals surface area contributed by atoms with Crippen molar-refractivity contribution in [1.82, 2.24) is 9.38 Å². The Kier molecular flexibility index (Phi) is 4.83. The lowest BCUT2D eigenvalue weighted by molar-refractivity contribution is -0.617. The number of hydrogen-bond acceptors (Lipinski definition) is 1. The van der Waals surface area contributed by atoms with Gasteiger partial charge in [0.15, 0.2) is 11.0 Å². The average Bonchev–Trinajstić information content (AvgIpc) is 3.01. The first-order valence-electron chi connectivity index (χ1n) is 12.1. The van der Waals surface area contributed by atoms with Crippen LogP contribution < -0.4 is 4.57 Å². The summed E-state index contributed by atoms with van der Waals surface area (Å²) in [5.41, 5.74) is 10.8. The summed E-state index contributed by atoms with van der Waals surface area (Å²) in [7, 11) is 2.21. The highest BCUT2D eigenvalue weighted by molar-refractivity contribution is 6.11. The molecule has 5 aromatic rings. The molecule has 0 spiro atoms. The number of fused-ring (bicyclic) bond motifs is 8. The largest absolute Gasteiger partial charge is 0.297 e. The quantitative estimate of drug-likeness (QED) is 0.213. The van der Waals surface area contributed by atoms with Gasteiger partial charge in [0, 0.05) is 17.1 Å². The number of hydrogen-bond donors (Lipinski definition) is 0. The second-order valence-corrected chi connectivity index (χ2v) is 12.1. The highest BCUT2D eigenvalue weighted by atomic mass is 15.1. The molecule has 2 aromatic carbocycles. The van der Waals surface area contributed by atoms with E-state index in [0.717, 1.165) is 18.4 Å². The summed E-state index contributed by atoms with van der Waals surface area (Å²) in [6.07, 6.45) is 4.05. The van der Waals surface area contributed by atoms with Crippen molar-refractivity contribution < 1.29 is 4.57 Å². The number of benzene rings is 2. The zero-order valence-electron chi connectivity index (χ0n) is 21.4. The summed E-state index contributed by atoms with van der Waals surface area (Å²) in [6, 6.07) is 15.6. The molecule has 0 fully saturated rings. The van der Waals surface area contributed by atoms with Crippen molar-refractivity contribution in [3.63, 3.8) is 0 Å². The van der Waals surface area contributed by atoms with Crippen LogP contribution in [-0.2, 0) is 19.9 Å². The van der Waals surface area contributed by atoms with Crippen LogP contribution in [0, 0.1) is 17.8 Å². The minimum absolute atomic E-state index is 0.188. The van der Waals surface area contributed by atoms with E-state index in [1.807, 2.05) is 6.20 Å². The normalized spacial score (nSPS) is 13.1. The van der Waals surface area contributed by atoms with Crippen LogP contribution in [0.2, 0.25) is 0 Å². The lowest BCUT2D eigenvalue weighted by Crippen LogP contribution is -2.27. The SMILES string of the molecule is Cc1ccnc2c3ccccc3n3c4c(CC(C)(C)C)c(CC(C)(C)C)ccc4[n+](C)c3c12. The van der Waals surface area contributed by atoms with Crippen LogP contribution in [0.1, 0.15) is 58.2 Å². The van der Waals surface area contributed by atoms with Crippen LogP contribution in [0.4, 0.5) is 0 Å². The molecule has 0 unspecified atom stereocenters. The summed E-state index contributed by atoms with van der Waals surface area (Å²) in [5.74, 6) is 0. The molecule has 3 heteroatoms. The maximum absolute atomic E-state index is 4.85. The number of pyridine rings is 2. The zero-order chi connectivity index (χ0) is 23.7. The van der Waals surface area contributed by atoms with Crippen molar-refractivity contribution >= 4 is 38.5 Å². The van der Waals surface area contributed by atoms with E-state index in [9.17, 15) is 0 Å². The second-order valence-electron chi connectivity index (χ2n) is 12.1. The number of aryl methyl sites for hydroxylation is 2. The summed E-state index contributed by atoms with van der Waals surface area (Å²) in [4.78, 5) is 4.85. The lowest BCUT2D eigenvalue weighted by atomic mass is 9.81. The fourth-order valence-electron chi connectivity index (χ4n) is 5.45. The molecule has 3 nitrogen and oxygen atoms in total. The number of para-hydroxylation sites is 1. The summed E-state index contributed by atoms with van der Waals surface area (Å²) in [5, 5.41) is 2.46. The summed E-state index contributed by atoms with van der Waals surface area (Å²) < 4.78 is 4.90. The number of nitrogens with zero attached hydrogens (tertiary/aromatic N) is 3. The molecule has 0 atom stereocenters. The summed E-state index contributed by atoms with van der Waals surface area (Å²) in [6.45, 7) is 16.3. The van der Waals surface area contributed by atoms with Crippen LogP contribution in [0.3, 0.4) is 0 Å². The standard InChI is InChI=1S/C30H36N3/c1-19-15-16-31-26-21-11-9-10-12-23(21)33-27-22(18-30(5,6)7)20(17-29(2,3)4)13-14-24(27)32(8)28(33)25(19)26/h9-16H,17-18H2,1-8H3/q+1. The topological polar surface area (TPSA) is 21.2 Å². The van der Waals surface area contributed by atoms with E-state index < -0.39 is 0 Å². The van der Waals surface area contributed by atoms with E-state index in [1.54, 1.807) is 0 Å². The van der Waals surface area contributed by atoms with Gasteiger partial charge in [-0.3, -0.25) is 4.98 Å². The van der Waals surface area contributed by atoms with Gasteiger partial charge in [0.05, 0.1) is 18.0 Å². The Morgan fingerprint density at radius 3 is 2.27 bits per heavy atom. The smallest absolute Gasteiger partial charge is 0.255 e. The third-order valence-electron chi connectivity index (χ3n) is 6.68. The van der Waals surface area contributed by atoms with Gasteiger partial charge in [0.1, 0.15) is 5.52 Å². The molecule has 0 aliphatic rings. The van der Waals surface area contributed by atoms with Gasteiger partial charge < -0.3 is 0 Å². The van der Waals surface area contributed by atoms with Gasteiger partial charge in [-0.1, -0.05) is 59.7 Å². The first-order chi connectivity index (χ1) is 15.5. The Labute approximate surface area is 197 Å². The molecule has 0 radical (unpaired) electrons. The molecule has 0 aliphatic heterocycles. The number of rotatable bonds is 2. The van der Waals surface area contributed by atoms with Gasteiger partial charge in [-0.25, -0.2) is 4.57 Å². The van der Waals surface area contributed by atoms with Crippen molar-refractivity contribution in [1.29, 1.82) is 0 Å². The fourth-order valence-corrected chi connectivity index (χ4v) is 5.45. The minimum Gasteiger partial charge on any atom is -0.255 e. The van der Waals surface area contributed by atoms with E-state index >= 15 is 0 Å². The first kappa shape index (κ1) is 21.9. The number of imidazole rings is 1. The van der Waals surface area contributed by atoms with E-state index in [1.165, 1.54) is 49.7 Å². The highest BCUT2D eigenvalue weighted by Crippen LogP contribution is 2.37. The predicted molar refractivity (Wildman–Crippen MR) is 140 cm³/mol. The number of aromatic nitrogens is 3. The van der Waals surface area contributed by atoms with Gasteiger partial charge in [-0.05, 0) is 66.0 Å². The van der Waals surface area contributed by atoms with Crippen molar-refractivity contribution in [2.24, 2.45) is 17.9 Å². The third kappa shape index (κ3) is 3.58. The highest BCUT2D eigenvalue weighted by Gasteiger charge is 2.30.